The number of thiazole rings is 1. The number of thiophene rings is 1. The van der Waals surface area contributed by atoms with Gasteiger partial charge in [-0.1, -0.05) is 29.5 Å². The van der Waals surface area contributed by atoms with Crippen LogP contribution < -0.4 is 5.32 Å². The predicted molar refractivity (Wildman–Crippen MR) is 104 cm³/mol. The van der Waals surface area contributed by atoms with Gasteiger partial charge in [0.25, 0.3) is 0 Å². The normalized spacial score (nSPS) is 11.1. The Bertz CT molecular complexity index is 1110. The highest BCUT2D eigenvalue weighted by Gasteiger charge is 2.14. The molecule has 3 heterocycles. The number of aryl methyl sites for hydroxylation is 1. The summed E-state index contributed by atoms with van der Waals surface area (Å²) in [6.45, 7) is 2.09. The minimum absolute atomic E-state index is 0.0808. The molecule has 0 atom stereocenters. The largest absolute Gasteiger partial charge is 0.300 e. The van der Waals surface area contributed by atoms with Gasteiger partial charge in [0, 0.05) is 0 Å². The zero-order chi connectivity index (χ0) is 17.4. The van der Waals surface area contributed by atoms with Crippen LogP contribution in [0.1, 0.15) is 5.56 Å². The molecule has 25 heavy (non-hydrogen) atoms. The number of fused-ring (bicyclic) bond motifs is 1. The van der Waals surface area contributed by atoms with Crippen molar-refractivity contribution in [2.24, 2.45) is 0 Å². The van der Waals surface area contributed by atoms with Gasteiger partial charge in [-0.3, -0.25) is 14.5 Å². The number of aromatic amines is 1. The van der Waals surface area contributed by atoms with E-state index in [0.29, 0.717) is 15.7 Å². The summed E-state index contributed by atoms with van der Waals surface area (Å²) in [5.74, 6) is 0.474. The fourth-order valence-corrected chi connectivity index (χ4v) is 4.38. The Balaban J connectivity index is 1.57. The SMILES string of the molecule is Cc1cccc2sc(NC(=O)Cn3c(-c4cccs4)n[nH]c3=S)nc12. The fraction of sp³-hybridized carbons (Fsp3) is 0.125. The van der Waals surface area contributed by atoms with Gasteiger partial charge in [-0.05, 0) is 42.2 Å². The number of hydrogen-bond acceptors (Lipinski definition) is 6. The van der Waals surface area contributed by atoms with Crippen molar-refractivity contribution in [3.63, 3.8) is 0 Å². The van der Waals surface area contributed by atoms with Crippen LogP contribution in [0.3, 0.4) is 0 Å². The lowest BCUT2D eigenvalue weighted by atomic mass is 10.2. The van der Waals surface area contributed by atoms with E-state index in [0.717, 1.165) is 20.7 Å². The van der Waals surface area contributed by atoms with Crippen LogP contribution in [0.4, 0.5) is 5.13 Å². The average molecular weight is 388 g/mol. The number of hydrogen-bond donors (Lipinski definition) is 2. The molecule has 4 aromatic rings. The number of rotatable bonds is 4. The first kappa shape index (κ1) is 16.1. The third-order valence-corrected chi connectivity index (χ3v) is 5.78. The van der Waals surface area contributed by atoms with Crippen LogP contribution in [0.25, 0.3) is 20.9 Å². The molecular weight excluding hydrogens is 374 g/mol. The molecule has 6 nitrogen and oxygen atoms in total. The third-order valence-electron chi connectivity index (χ3n) is 3.67. The number of nitrogens with zero attached hydrogens (tertiary/aromatic N) is 3. The van der Waals surface area contributed by atoms with Crippen molar-refractivity contribution in [3.05, 3.63) is 46.0 Å². The topological polar surface area (TPSA) is 75.6 Å². The second-order valence-corrected chi connectivity index (χ2v) is 7.77. The highest BCUT2D eigenvalue weighted by atomic mass is 32.1. The number of aromatic nitrogens is 4. The Morgan fingerprint density at radius 3 is 3.00 bits per heavy atom. The quantitative estimate of drug-likeness (QED) is 0.514. The van der Waals surface area contributed by atoms with Crippen LogP contribution in [-0.4, -0.2) is 25.7 Å². The zero-order valence-electron chi connectivity index (χ0n) is 13.1. The molecule has 0 fully saturated rings. The van der Waals surface area contributed by atoms with Crippen LogP contribution in [0.2, 0.25) is 0 Å². The van der Waals surface area contributed by atoms with E-state index in [4.69, 9.17) is 12.2 Å². The summed E-state index contributed by atoms with van der Waals surface area (Å²) in [4.78, 5) is 17.9. The molecule has 0 aliphatic rings. The van der Waals surface area contributed by atoms with Gasteiger partial charge in [0.2, 0.25) is 5.91 Å². The molecule has 1 aromatic carbocycles. The molecule has 0 bridgehead atoms. The van der Waals surface area contributed by atoms with Crippen LogP contribution in [-0.2, 0) is 11.3 Å². The molecule has 3 aromatic heterocycles. The Hall–Kier alpha value is -2.36. The molecular formula is C16H13N5OS3. The standard InChI is InChI=1S/C16H13N5OS3/c1-9-4-2-5-10-13(9)18-15(25-10)17-12(22)8-21-14(19-20-16(21)23)11-6-3-7-24-11/h2-7H,8H2,1H3,(H,20,23)(H,17,18,22). The first-order valence-electron chi connectivity index (χ1n) is 7.47. The number of amides is 1. The van der Waals surface area contributed by atoms with Gasteiger partial charge in [0.05, 0.1) is 15.1 Å². The Morgan fingerprint density at radius 2 is 2.24 bits per heavy atom. The van der Waals surface area contributed by atoms with Crippen molar-refractivity contribution in [2.75, 3.05) is 5.32 Å². The first-order chi connectivity index (χ1) is 12.1. The Kier molecular flexibility index (Phi) is 4.20. The molecule has 0 radical (unpaired) electrons. The Morgan fingerprint density at radius 1 is 1.36 bits per heavy atom. The van der Waals surface area contributed by atoms with Gasteiger partial charge in [-0.15, -0.1) is 11.3 Å². The van der Waals surface area contributed by atoms with Crippen molar-refractivity contribution in [1.29, 1.82) is 0 Å². The zero-order valence-corrected chi connectivity index (χ0v) is 15.6. The summed E-state index contributed by atoms with van der Waals surface area (Å²) >= 11 is 8.26. The van der Waals surface area contributed by atoms with E-state index in [9.17, 15) is 4.79 Å². The maximum atomic E-state index is 12.5. The van der Waals surface area contributed by atoms with E-state index in [1.54, 1.807) is 15.9 Å². The molecule has 4 rings (SSSR count). The smallest absolute Gasteiger partial charge is 0.246 e. The maximum absolute atomic E-state index is 12.5. The molecule has 9 heteroatoms. The molecule has 1 amide bonds. The minimum atomic E-state index is -0.188. The van der Waals surface area contributed by atoms with E-state index in [1.807, 2.05) is 42.6 Å². The summed E-state index contributed by atoms with van der Waals surface area (Å²) in [5.41, 5.74) is 2.01. The van der Waals surface area contributed by atoms with Crippen LogP contribution in [0, 0.1) is 11.7 Å². The van der Waals surface area contributed by atoms with Crippen molar-refractivity contribution in [2.45, 2.75) is 13.5 Å². The molecule has 0 saturated heterocycles. The van der Waals surface area contributed by atoms with Crippen LogP contribution in [0.5, 0.6) is 0 Å². The number of carbonyl (C=O) groups excluding carboxylic acids is 1. The molecule has 126 valence electrons. The van der Waals surface area contributed by atoms with Crippen molar-refractivity contribution in [3.8, 4) is 10.7 Å². The minimum Gasteiger partial charge on any atom is -0.300 e. The van der Waals surface area contributed by atoms with Gasteiger partial charge in [0.15, 0.2) is 15.7 Å². The number of anilines is 1. The molecule has 0 saturated carbocycles. The van der Waals surface area contributed by atoms with Gasteiger partial charge in [0.1, 0.15) is 6.54 Å². The van der Waals surface area contributed by atoms with Crippen LogP contribution >= 0.6 is 34.9 Å². The summed E-state index contributed by atoms with van der Waals surface area (Å²) < 4.78 is 3.16. The van der Waals surface area contributed by atoms with E-state index in [-0.39, 0.29) is 12.5 Å². The summed E-state index contributed by atoms with van der Waals surface area (Å²) in [6, 6.07) is 9.87. The monoisotopic (exact) mass is 387 g/mol. The highest BCUT2D eigenvalue weighted by Crippen LogP contribution is 2.28. The molecule has 0 spiro atoms. The van der Waals surface area contributed by atoms with Gasteiger partial charge >= 0.3 is 0 Å². The first-order valence-corrected chi connectivity index (χ1v) is 9.57. The second kappa shape index (κ2) is 6.51. The lowest BCUT2D eigenvalue weighted by molar-refractivity contribution is -0.116. The maximum Gasteiger partial charge on any atom is 0.246 e. The molecule has 0 aliphatic carbocycles. The fourth-order valence-electron chi connectivity index (χ4n) is 2.50. The number of benzene rings is 1. The summed E-state index contributed by atoms with van der Waals surface area (Å²) in [5, 5.41) is 12.4. The van der Waals surface area contributed by atoms with Crippen molar-refractivity contribution < 1.29 is 4.79 Å². The summed E-state index contributed by atoms with van der Waals surface area (Å²) in [6.07, 6.45) is 0. The number of nitrogens with one attached hydrogen (secondary N) is 2. The van der Waals surface area contributed by atoms with Crippen LogP contribution in [0.15, 0.2) is 35.7 Å². The molecule has 0 aliphatic heterocycles. The predicted octanol–water partition coefficient (Wildman–Crippen LogP) is 4.23. The van der Waals surface area contributed by atoms with E-state index in [1.165, 1.54) is 11.3 Å². The summed E-state index contributed by atoms with van der Waals surface area (Å²) in [7, 11) is 0. The van der Waals surface area contributed by atoms with E-state index < -0.39 is 0 Å². The van der Waals surface area contributed by atoms with E-state index >= 15 is 0 Å². The molecule has 2 N–H and O–H groups in total. The number of para-hydroxylation sites is 1. The third kappa shape index (κ3) is 3.13. The second-order valence-electron chi connectivity index (χ2n) is 5.40. The molecule has 0 unspecified atom stereocenters. The number of carbonyl (C=O) groups is 1. The van der Waals surface area contributed by atoms with Crippen molar-refractivity contribution >= 4 is 56.1 Å². The van der Waals surface area contributed by atoms with Gasteiger partial charge in [-0.25, -0.2) is 4.98 Å². The number of H-pyrrole nitrogens is 1. The lowest BCUT2D eigenvalue weighted by Gasteiger charge is -2.05. The van der Waals surface area contributed by atoms with E-state index in [2.05, 4.69) is 20.5 Å². The van der Waals surface area contributed by atoms with Crippen molar-refractivity contribution in [1.82, 2.24) is 19.7 Å². The Labute approximate surface area is 156 Å². The average Bonchev–Trinajstić information content (AvgIpc) is 3.29. The van der Waals surface area contributed by atoms with Gasteiger partial charge < -0.3 is 5.32 Å². The lowest BCUT2D eigenvalue weighted by Crippen LogP contribution is -2.19. The van der Waals surface area contributed by atoms with Gasteiger partial charge in [-0.2, -0.15) is 5.10 Å². The highest BCUT2D eigenvalue weighted by molar-refractivity contribution is 7.71.